The van der Waals surface area contributed by atoms with Crippen molar-refractivity contribution in [3.63, 3.8) is 0 Å². The van der Waals surface area contributed by atoms with Crippen LogP contribution in [0.2, 0.25) is 0 Å². The van der Waals surface area contributed by atoms with Gasteiger partial charge in [0.2, 0.25) is 5.91 Å². The third kappa shape index (κ3) is 2.54. The molecule has 0 aromatic carbocycles. The fraction of sp³-hybridized carbons (Fsp3) is 0.667. The average Bonchev–Trinajstić information content (AvgIpc) is 2.93. The highest BCUT2D eigenvalue weighted by atomic mass is 16.2. The van der Waals surface area contributed by atoms with Crippen molar-refractivity contribution in [1.82, 2.24) is 15.1 Å². The van der Waals surface area contributed by atoms with Gasteiger partial charge in [0.25, 0.3) is 5.91 Å². The molecule has 0 bridgehead atoms. The summed E-state index contributed by atoms with van der Waals surface area (Å²) >= 11 is 0. The highest BCUT2D eigenvalue weighted by molar-refractivity contribution is 6.04. The number of hydrogen-bond donors (Lipinski definition) is 1. The van der Waals surface area contributed by atoms with Crippen molar-refractivity contribution in [3.05, 3.63) is 12.4 Å². The fourth-order valence-electron chi connectivity index (χ4n) is 3.36. The standard InChI is InChI=1S/C15H22N4O2/c1-2-18-11-12(10-16-18)19-9-6-13(20)17-15(14(19)21)7-4-3-5-8-15/h10-11H,2-9H2,1H3,(H,17,20). The third-order valence-electron chi connectivity index (χ3n) is 4.56. The van der Waals surface area contributed by atoms with Crippen LogP contribution >= 0.6 is 0 Å². The van der Waals surface area contributed by atoms with Gasteiger partial charge in [-0.3, -0.25) is 14.3 Å². The zero-order valence-corrected chi connectivity index (χ0v) is 12.5. The van der Waals surface area contributed by atoms with Gasteiger partial charge < -0.3 is 10.2 Å². The molecule has 3 rings (SSSR count). The Balaban J connectivity index is 1.92. The van der Waals surface area contributed by atoms with E-state index in [1.807, 2.05) is 13.1 Å². The Kier molecular flexibility index (Phi) is 3.69. The van der Waals surface area contributed by atoms with E-state index in [0.29, 0.717) is 13.0 Å². The molecule has 2 aliphatic rings. The molecule has 0 atom stereocenters. The van der Waals surface area contributed by atoms with E-state index in [1.165, 1.54) is 0 Å². The number of aromatic nitrogens is 2. The van der Waals surface area contributed by atoms with Gasteiger partial charge >= 0.3 is 0 Å². The molecule has 2 fully saturated rings. The lowest BCUT2D eigenvalue weighted by Crippen LogP contribution is -2.58. The monoisotopic (exact) mass is 290 g/mol. The predicted molar refractivity (Wildman–Crippen MR) is 78.8 cm³/mol. The summed E-state index contributed by atoms with van der Waals surface area (Å²) in [4.78, 5) is 26.8. The summed E-state index contributed by atoms with van der Waals surface area (Å²) in [5.74, 6) is 0.0133. The van der Waals surface area contributed by atoms with E-state index in [-0.39, 0.29) is 11.8 Å². The van der Waals surface area contributed by atoms with Crippen molar-refractivity contribution in [2.24, 2.45) is 0 Å². The van der Waals surface area contributed by atoms with Crippen LogP contribution in [0.3, 0.4) is 0 Å². The predicted octanol–water partition coefficient (Wildman–Crippen LogP) is 1.46. The van der Waals surface area contributed by atoms with E-state index in [1.54, 1.807) is 15.8 Å². The second-order valence-corrected chi connectivity index (χ2v) is 5.95. The second-order valence-electron chi connectivity index (χ2n) is 5.95. The van der Waals surface area contributed by atoms with Crippen molar-refractivity contribution >= 4 is 17.5 Å². The molecule has 1 aromatic heterocycles. The van der Waals surface area contributed by atoms with Gasteiger partial charge in [-0.25, -0.2) is 0 Å². The Morgan fingerprint density at radius 2 is 2.05 bits per heavy atom. The van der Waals surface area contributed by atoms with Gasteiger partial charge in [-0.1, -0.05) is 19.3 Å². The smallest absolute Gasteiger partial charge is 0.252 e. The maximum atomic E-state index is 13.0. The Labute approximate surface area is 124 Å². The topological polar surface area (TPSA) is 67.2 Å². The zero-order valence-electron chi connectivity index (χ0n) is 12.5. The van der Waals surface area contributed by atoms with Crippen LogP contribution in [0.15, 0.2) is 12.4 Å². The molecule has 1 aliphatic carbocycles. The number of carbonyl (C=O) groups is 2. The second kappa shape index (κ2) is 5.50. The number of amides is 2. The summed E-state index contributed by atoms with van der Waals surface area (Å²) in [6.07, 6.45) is 8.57. The van der Waals surface area contributed by atoms with E-state index >= 15 is 0 Å². The molecule has 0 radical (unpaired) electrons. The molecule has 1 saturated heterocycles. The quantitative estimate of drug-likeness (QED) is 0.896. The number of anilines is 1. The number of rotatable bonds is 2. The van der Waals surface area contributed by atoms with E-state index < -0.39 is 5.54 Å². The molecule has 114 valence electrons. The number of nitrogens with zero attached hydrogens (tertiary/aromatic N) is 3. The van der Waals surface area contributed by atoms with Crippen LogP contribution in [-0.2, 0) is 16.1 Å². The first-order valence-electron chi connectivity index (χ1n) is 7.80. The van der Waals surface area contributed by atoms with E-state index in [2.05, 4.69) is 10.4 Å². The molecule has 1 N–H and O–H groups in total. The van der Waals surface area contributed by atoms with Crippen LogP contribution < -0.4 is 10.2 Å². The summed E-state index contributed by atoms with van der Waals surface area (Å²) in [6.45, 7) is 3.21. The van der Waals surface area contributed by atoms with Crippen molar-refractivity contribution in [3.8, 4) is 0 Å². The molecule has 0 unspecified atom stereocenters. The van der Waals surface area contributed by atoms with Crippen LogP contribution in [0.5, 0.6) is 0 Å². The van der Waals surface area contributed by atoms with Crippen molar-refractivity contribution in [2.75, 3.05) is 11.4 Å². The lowest BCUT2D eigenvalue weighted by Gasteiger charge is -2.37. The Morgan fingerprint density at radius 3 is 2.71 bits per heavy atom. The summed E-state index contributed by atoms with van der Waals surface area (Å²) in [5.41, 5.74) is 0.100. The Bertz CT molecular complexity index is 546. The van der Waals surface area contributed by atoms with Crippen LogP contribution in [0.4, 0.5) is 5.69 Å². The molecule has 6 nitrogen and oxygen atoms in total. The minimum absolute atomic E-state index is 0.0179. The normalized spacial score (nSPS) is 22.2. The lowest BCUT2D eigenvalue weighted by molar-refractivity contribution is -0.131. The van der Waals surface area contributed by atoms with Gasteiger partial charge in [-0.2, -0.15) is 5.10 Å². The minimum Gasteiger partial charge on any atom is -0.342 e. The highest BCUT2D eigenvalue weighted by Crippen LogP contribution is 2.33. The van der Waals surface area contributed by atoms with E-state index in [0.717, 1.165) is 44.3 Å². The largest absolute Gasteiger partial charge is 0.342 e. The van der Waals surface area contributed by atoms with Crippen LogP contribution in [-0.4, -0.2) is 33.7 Å². The molecular formula is C15H22N4O2. The Hall–Kier alpha value is -1.85. The lowest BCUT2D eigenvalue weighted by atomic mass is 9.80. The summed E-state index contributed by atoms with van der Waals surface area (Å²) < 4.78 is 1.80. The third-order valence-corrected chi connectivity index (χ3v) is 4.56. The molecule has 1 aromatic rings. The van der Waals surface area contributed by atoms with Gasteiger partial charge in [0, 0.05) is 25.7 Å². The highest BCUT2D eigenvalue weighted by Gasteiger charge is 2.45. The number of aryl methyl sites for hydroxylation is 1. The van der Waals surface area contributed by atoms with E-state index in [4.69, 9.17) is 0 Å². The SMILES string of the molecule is CCn1cc(N2CCC(=O)NC3(CCCCC3)C2=O)cn1. The van der Waals surface area contributed by atoms with Gasteiger partial charge in [-0.15, -0.1) is 0 Å². The first-order valence-corrected chi connectivity index (χ1v) is 7.80. The van der Waals surface area contributed by atoms with Crippen LogP contribution in [0.1, 0.15) is 45.4 Å². The van der Waals surface area contributed by atoms with Crippen molar-refractivity contribution in [1.29, 1.82) is 0 Å². The number of nitrogens with one attached hydrogen (secondary N) is 1. The number of carbonyl (C=O) groups excluding carboxylic acids is 2. The van der Waals surface area contributed by atoms with Crippen LogP contribution in [0.25, 0.3) is 0 Å². The molecule has 21 heavy (non-hydrogen) atoms. The maximum absolute atomic E-state index is 13.0. The van der Waals surface area contributed by atoms with Gasteiger partial charge in [0.15, 0.2) is 0 Å². The first kappa shape index (κ1) is 14.1. The van der Waals surface area contributed by atoms with Gasteiger partial charge in [-0.05, 0) is 19.8 Å². The first-order chi connectivity index (χ1) is 10.1. The number of hydrogen-bond acceptors (Lipinski definition) is 3. The van der Waals surface area contributed by atoms with Gasteiger partial charge in [0.1, 0.15) is 5.54 Å². The molecule has 1 saturated carbocycles. The fourth-order valence-corrected chi connectivity index (χ4v) is 3.36. The molecule has 1 aliphatic heterocycles. The average molecular weight is 290 g/mol. The summed E-state index contributed by atoms with van der Waals surface area (Å²) in [6, 6.07) is 0. The zero-order chi connectivity index (χ0) is 14.9. The van der Waals surface area contributed by atoms with Gasteiger partial charge in [0.05, 0.1) is 11.9 Å². The molecule has 6 heteroatoms. The summed E-state index contributed by atoms with van der Waals surface area (Å²) in [7, 11) is 0. The molecular weight excluding hydrogens is 268 g/mol. The molecule has 2 amide bonds. The summed E-state index contributed by atoms with van der Waals surface area (Å²) in [5, 5.41) is 7.25. The van der Waals surface area contributed by atoms with Crippen LogP contribution in [0, 0.1) is 0 Å². The van der Waals surface area contributed by atoms with Crippen molar-refractivity contribution < 1.29 is 9.59 Å². The maximum Gasteiger partial charge on any atom is 0.252 e. The van der Waals surface area contributed by atoms with E-state index in [9.17, 15) is 9.59 Å². The molecule has 1 spiro atoms. The Morgan fingerprint density at radius 1 is 1.29 bits per heavy atom. The molecule has 2 heterocycles. The minimum atomic E-state index is -0.694. The van der Waals surface area contributed by atoms with Crippen molar-refractivity contribution in [2.45, 2.75) is 57.5 Å².